The number of hydrogen-bond acceptors (Lipinski definition) is 1. The summed E-state index contributed by atoms with van der Waals surface area (Å²) in [7, 11) is 0. The van der Waals surface area contributed by atoms with Gasteiger partial charge in [0.25, 0.3) is 0 Å². The molecule has 0 spiro atoms. The molecule has 0 N–H and O–H groups in total. The van der Waals surface area contributed by atoms with Crippen molar-refractivity contribution >= 4 is 27.8 Å². The van der Waals surface area contributed by atoms with Gasteiger partial charge in [-0.15, -0.1) is 0 Å². The number of aliphatic imine (C=N–C) groups is 1. The second-order valence-electron chi connectivity index (χ2n) is 7.79. The SMILES string of the molecule is CCC[CH2][Sn]([CH2]CCC)([CH2]CCC)[C](=Nc1c(C)cccc1C)C(F)(F)F. The Morgan fingerprint density at radius 3 is 1.59 bits per heavy atom. The summed E-state index contributed by atoms with van der Waals surface area (Å²) < 4.78 is 45.1. The van der Waals surface area contributed by atoms with Gasteiger partial charge in [0, 0.05) is 0 Å². The molecule has 0 saturated heterocycles. The molecular weight excluding hydrogens is 454 g/mol. The van der Waals surface area contributed by atoms with E-state index in [4.69, 9.17) is 0 Å². The van der Waals surface area contributed by atoms with Crippen molar-refractivity contribution in [3.63, 3.8) is 0 Å². The van der Waals surface area contributed by atoms with Crippen LogP contribution >= 0.6 is 0 Å². The third-order valence-electron chi connectivity index (χ3n) is 5.46. The van der Waals surface area contributed by atoms with Crippen LogP contribution in [0.5, 0.6) is 0 Å². The first-order valence-electron chi connectivity index (χ1n) is 10.4. The maximum absolute atomic E-state index is 14.4. The summed E-state index contributed by atoms with van der Waals surface area (Å²) in [5.74, 6) is 0. The van der Waals surface area contributed by atoms with E-state index in [1.54, 1.807) is 0 Å². The van der Waals surface area contributed by atoms with Crippen molar-refractivity contribution in [1.82, 2.24) is 0 Å². The molecule has 0 radical (unpaired) electrons. The minimum absolute atomic E-state index is 0.343. The predicted octanol–water partition coefficient (Wildman–Crippen LogP) is 8.33. The third kappa shape index (κ3) is 7.10. The van der Waals surface area contributed by atoms with E-state index in [-0.39, 0.29) is 3.73 Å². The Labute approximate surface area is 167 Å². The topological polar surface area (TPSA) is 12.4 Å². The molecule has 0 amide bonds. The number of benzene rings is 1. The van der Waals surface area contributed by atoms with Crippen LogP contribution in [-0.4, -0.2) is 28.3 Å². The summed E-state index contributed by atoms with van der Waals surface area (Å²) in [6.07, 6.45) is 1.21. The molecule has 0 aliphatic carbocycles. The van der Waals surface area contributed by atoms with E-state index in [9.17, 15) is 13.2 Å². The van der Waals surface area contributed by atoms with Gasteiger partial charge in [0.15, 0.2) is 0 Å². The number of nitrogens with zero attached hydrogens (tertiary/aromatic N) is 1. The Bertz CT molecular complexity index is 566. The van der Waals surface area contributed by atoms with Gasteiger partial charge >= 0.3 is 168 Å². The zero-order chi connectivity index (χ0) is 20.5. The first-order valence-corrected chi connectivity index (χ1v) is 17.9. The molecule has 1 nitrogen and oxygen atoms in total. The Hall–Kier alpha value is -0.521. The van der Waals surface area contributed by atoms with Crippen molar-refractivity contribution in [2.45, 2.75) is 92.6 Å². The second kappa shape index (κ2) is 11.5. The van der Waals surface area contributed by atoms with E-state index >= 15 is 0 Å². The number of alkyl halides is 3. The van der Waals surface area contributed by atoms with Crippen LogP contribution in [0.2, 0.25) is 13.3 Å². The van der Waals surface area contributed by atoms with Gasteiger partial charge in [0.1, 0.15) is 0 Å². The maximum atomic E-state index is 14.4. The summed E-state index contributed by atoms with van der Waals surface area (Å²) in [5.41, 5.74) is 2.20. The summed E-state index contributed by atoms with van der Waals surface area (Å²) in [6, 6.07) is 5.61. The number of rotatable bonds is 11. The molecule has 0 aliphatic heterocycles. The Morgan fingerprint density at radius 1 is 0.852 bits per heavy atom. The standard InChI is InChI=1S/C10H9F3N.3C4H9.Sn/c1-7-4-3-5-8(2)9(7)14-6-10(11,12)13;3*1-3-4-2;/h3-5H,1-2H3;3*1,3-4H2,2H3;. The first kappa shape index (κ1) is 24.5. The van der Waals surface area contributed by atoms with Gasteiger partial charge in [-0.25, -0.2) is 0 Å². The van der Waals surface area contributed by atoms with Gasteiger partial charge < -0.3 is 0 Å². The molecule has 1 aromatic carbocycles. The van der Waals surface area contributed by atoms with Crippen LogP contribution in [0.25, 0.3) is 0 Å². The molecule has 0 saturated carbocycles. The number of unbranched alkanes of at least 4 members (excludes halogenated alkanes) is 3. The molecule has 0 atom stereocenters. The van der Waals surface area contributed by atoms with Crippen molar-refractivity contribution in [3.8, 4) is 0 Å². The fourth-order valence-electron chi connectivity index (χ4n) is 3.85. The minimum atomic E-state index is -4.32. The summed E-state index contributed by atoms with van der Waals surface area (Å²) in [4.78, 5) is 4.45. The molecule has 0 fully saturated rings. The molecule has 27 heavy (non-hydrogen) atoms. The van der Waals surface area contributed by atoms with Crippen molar-refractivity contribution in [1.29, 1.82) is 0 Å². The van der Waals surface area contributed by atoms with Crippen LogP contribution in [0.3, 0.4) is 0 Å². The fraction of sp³-hybridized carbons (Fsp3) is 0.682. The molecule has 0 bridgehead atoms. The van der Waals surface area contributed by atoms with Crippen molar-refractivity contribution in [2.75, 3.05) is 0 Å². The average Bonchev–Trinajstić information content (AvgIpc) is 2.60. The summed E-state index contributed by atoms with van der Waals surface area (Å²) in [5, 5.41) is 0. The zero-order valence-corrected chi connectivity index (χ0v) is 20.5. The van der Waals surface area contributed by atoms with Crippen LogP contribution in [-0.2, 0) is 0 Å². The monoisotopic (exact) mass is 491 g/mol. The van der Waals surface area contributed by atoms with Crippen molar-refractivity contribution in [3.05, 3.63) is 29.3 Å². The Kier molecular flexibility index (Phi) is 10.4. The van der Waals surface area contributed by atoms with Gasteiger partial charge in [0.2, 0.25) is 0 Å². The quantitative estimate of drug-likeness (QED) is 0.219. The summed E-state index contributed by atoms with van der Waals surface area (Å²) >= 11 is -3.67. The van der Waals surface area contributed by atoms with Crippen molar-refractivity contribution in [2.24, 2.45) is 4.99 Å². The van der Waals surface area contributed by atoms with Gasteiger partial charge in [-0.1, -0.05) is 0 Å². The molecule has 1 rings (SSSR count). The third-order valence-corrected chi connectivity index (χ3v) is 20.7. The van der Waals surface area contributed by atoms with E-state index < -0.39 is 24.6 Å². The van der Waals surface area contributed by atoms with E-state index in [2.05, 4.69) is 25.8 Å². The van der Waals surface area contributed by atoms with Crippen LogP contribution in [0, 0.1) is 13.8 Å². The average molecular weight is 490 g/mol. The molecule has 1 aromatic rings. The van der Waals surface area contributed by atoms with E-state index in [0.29, 0.717) is 5.69 Å². The zero-order valence-electron chi connectivity index (χ0n) is 17.7. The molecule has 0 heterocycles. The Balaban J connectivity index is 3.60. The molecule has 0 aliphatic rings. The molecular formula is C22H36F3NSn. The summed E-state index contributed by atoms with van der Waals surface area (Å²) in [6.45, 7) is 9.95. The first-order chi connectivity index (χ1) is 12.7. The van der Waals surface area contributed by atoms with Gasteiger partial charge in [0.05, 0.1) is 0 Å². The number of para-hydroxylation sites is 1. The molecule has 0 unspecified atom stereocenters. The number of hydrogen-bond donors (Lipinski definition) is 0. The van der Waals surface area contributed by atoms with Gasteiger partial charge in [-0.05, 0) is 0 Å². The second-order valence-corrected chi connectivity index (χ2v) is 20.7. The molecule has 0 aromatic heterocycles. The van der Waals surface area contributed by atoms with Crippen LogP contribution < -0.4 is 0 Å². The number of aryl methyl sites for hydroxylation is 2. The van der Waals surface area contributed by atoms with E-state index in [0.717, 1.165) is 63.0 Å². The van der Waals surface area contributed by atoms with Crippen LogP contribution in [0.1, 0.15) is 70.4 Å². The Morgan fingerprint density at radius 2 is 1.26 bits per heavy atom. The number of halogens is 3. The molecule has 154 valence electrons. The van der Waals surface area contributed by atoms with Crippen LogP contribution in [0.15, 0.2) is 23.2 Å². The predicted molar refractivity (Wildman–Crippen MR) is 114 cm³/mol. The van der Waals surface area contributed by atoms with Crippen LogP contribution in [0.4, 0.5) is 18.9 Å². The molecule has 5 heteroatoms. The van der Waals surface area contributed by atoms with E-state index in [1.165, 1.54) is 0 Å². The van der Waals surface area contributed by atoms with Gasteiger partial charge in [-0.2, -0.15) is 0 Å². The van der Waals surface area contributed by atoms with E-state index in [1.807, 2.05) is 32.0 Å². The van der Waals surface area contributed by atoms with Gasteiger partial charge in [-0.3, -0.25) is 0 Å². The van der Waals surface area contributed by atoms with Crippen molar-refractivity contribution < 1.29 is 13.2 Å². The normalized spacial score (nSPS) is 13.3. The fourth-order valence-corrected chi connectivity index (χ4v) is 19.6.